The molecule has 0 aliphatic carbocycles. The fourth-order valence-electron chi connectivity index (χ4n) is 6.55. The zero-order valence-corrected chi connectivity index (χ0v) is 22.5. The number of amides is 2. The van der Waals surface area contributed by atoms with E-state index in [1.165, 1.54) is 4.90 Å². The van der Waals surface area contributed by atoms with Crippen molar-refractivity contribution in [1.82, 2.24) is 4.90 Å². The fraction of sp³-hybridized carbons (Fsp3) is 0.171. The van der Waals surface area contributed by atoms with Crippen molar-refractivity contribution in [2.24, 2.45) is 11.8 Å². The molecule has 3 aliphatic rings. The number of fused-ring (bicyclic) bond motifs is 5. The molecule has 0 unspecified atom stereocenters. The maximum atomic E-state index is 14.3. The minimum atomic E-state index is -0.962. The number of carbonyl (C=O) groups excluding carboxylic acids is 3. The molecule has 0 N–H and O–H groups in total. The van der Waals surface area contributed by atoms with E-state index < -0.39 is 36.0 Å². The average Bonchev–Trinajstić information content (AvgIpc) is 3.49. The van der Waals surface area contributed by atoms with Crippen LogP contribution in [-0.2, 0) is 19.1 Å². The van der Waals surface area contributed by atoms with Gasteiger partial charge in [0.2, 0.25) is 11.8 Å². The first-order valence-corrected chi connectivity index (χ1v) is 13.8. The molecule has 0 aromatic heterocycles. The first-order valence-electron chi connectivity index (χ1n) is 13.8. The third-order valence-corrected chi connectivity index (χ3v) is 8.43. The Labute approximate surface area is 238 Å². The lowest BCUT2D eigenvalue weighted by molar-refractivity contribution is -0.155. The molecule has 6 nitrogen and oxygen atoms in total. The summed E-state index contributed by atoms with van der Waals surface area (Å²) in [7, 11) is 0. The zero-order chi connectivity index (χ0) is 28.1. The van der Waals surface area contributed by atoms with Crippen molar-refractivity contribution in [2.75, 3.05) is 4.90 Å². The van der Waals surface area contributed by atoms with Crippen LogP contribution in [0.5, 0.6) is 0 Å². The molecule has 0 saturated carbocycles. The van der Waals surface area contributed by atoms with Crippen molar-refractivity contribution >= 4 is 29.5 Å². The highest BCUT2D eigenvalue weighted by Gasteiger charge is 2.65. The summed E-state index contributed by atoms with van der Waals surface area (Å²) in [4.78, 5) is 45.6. The predicted octanol–water partition coefficient (Wildman–Crippen LogP) is 5.84. The molecule has 4 aromatic rings. The Kier molecular flexibility index (Phi) is 6.04. The minimum absolute atomic E-state index is 0.290. The Morgan fingerprint density at radius 2 is 1.32 bits per heavy atom. The van der Waals surface area contributed by atoms with Crippen molar-refractivity contribution in [2.45, 2.75) is 25.1 Å². The van der Waals surface area contributed by atoms with Gasteiger partial charge in [-0.25, -0.2) is 9.69 Å². The van der Waals surface area contributed by atoms with Crippen molar-refractivity contribution in [3.8, 4) is 0 Å². The summed E-state index contributed by atoms with van der Waals surface area (Å²) in [5, 5.41) is 0. The molecule has 2 fully saturated rings. The summed E-state index contributed by atoms with van der Waals surface area (Å²) in [6.45, 7) is 1.96. The van der Waals surface area contributed by atoms with Gasteiger partial charge in [-0.3, -0.25) is 9.59 Å². The number of ether oxygens (including phenoxy) is 1. The third kappa shape index (κ3) is 4.06. The largest absolute Gasteiger partial charge is 0.451 e. The lowest BCUT2D eigenvalue weighted by atomic mass is 9.84. The van der Waals surface area contributed by atoms with Gasteiger partial charge in [-0.15, -0.1) is 0 Å². The molecule has 3 heterocycles. The van der Waals surface area contributed by atoms with Crippen LogP contribution in [0.3, 0.4) is 0 Å². The average molecular weight is 541 g/mol. The molecule has 4 atom stereocenters. The van der Waals surface area contributed by atoms with E-state index in [4.69, 9.17) is 4.74 Å². The van der Waals surface area contributed by atoms with Gasteiger partial charge in [0.05, 0.1) is 23.6 Å². The second kappa shape index (κ2) is 9.89. The zero-order valence-electron chi connectivity index (χ0n) is 22.5. The van der Waals surface area contributed by atoms with Crippen LogP contribution < -0.4 is 4.90 Å². The van der Waals surface area contributed by atoms with E-state index in [2.05, 4.69) is 0 Å². The topological polar surface area (TPSA) is 66.9 Å². The van der Waals surface area contributed by atoms with Gasteiger partial charge < -0.3 is 9.64 Å². The first kappa shape index (κ1) is 25.0. The lowest BCUT2D eigenvalue weighted by Crippen LogP contribution is -2.45. The number of imide groups is 1. The minimum Gasteiger partial charge on any atom is -0.451 e. The number of carbonyl (C=O) groups is 3. The summed E-state index contributed by atoms with van der Waals surface area (Å²) < 4.78 is 6.30. The molecular weight excluding hydrogens is 512 g/mol. The Hall–Kier alpha value is -4.97. The Morgan fingerprint density at radius 1 is 0.732 bits per heavy atom. The number of hydrogen-bond donors (Lipinski definition) is 0. The van der Waals surface area contributed by atoms with Crippen molar-refractivity contribution in [3.05, 3.63) is 143 Å². The number of esters is 1. The van der Waals surface area contributed by atoms with Gasteiger partial charge in [0.25, 0.3) is 0 Å². The van der Waals surface area contributed by atoms with Crippen LogP contribution in [0.1, 0.15) is 40.0 Å². The lowest BCUT2D eigenvalue weighted by Gasteiger charge is -2.35. The summed E-state index contributed by atoms with van der Waals surface area (Å²) in [5.74, 6) is -2.80. The van der Waals surface area contributed by atoms with E-state index in [1.54, 1.807) is 12.1 Å². The first-order chi connectivity index (χ1) is 20.0. The van der Waals surface area contributed by atoms with Gasteiger partial charge in [0.15, 0.2) is 6.10 Å². The van der Waals surface area contributed by atoms with Gasteiger partial charge in [-0.2, -0.15) is 0 Å². The molecule has 2 saturated heterocycles. The third-order valence-electron chi connectivity index (χ3n) is 8.43. The van der Waals surface area contributed by atoms with Crippen LogP contribution >= 0.6 is 0 Å². The van der Waals surface area contributed by atoms with Crippen LogP contribution in [0.15, 0.2) is 115 Å². The van der Waals surface area contributed by atoms with E-state index in [0.29, 0.717) is 5.69 Å². The molecule has 4 aromatic carbocycles. The number of benzene rings is 4. The van der Waals surface area contributed by atoms with Gasteiger partial charge in [-0.05, 0) is 47.4 Å². The Morgan fingerprint density at radius 3 is 1.98 bits per heavy atom. The van der Waals surface area contributed by atoms with E-state index in [1.807, 2.05) is 121 Å². The van der Waals surface area contributed by atoms with Crippen LogP contribution in [0, 0.1) is 18.8 Å². The maximum Gasteiger partial charge on any atom is 0.330 e. The quantitative estimate of drug-likeness (QED) is 0.235. The van der Waals surface area contributed by atoms with Gasteiger partial charge in [-0.1, -0.05) is 103 Å². The number of anilines is 1. The number of aryl methyl sites for hydroxylation is 1. The van der Waals surface area contributed by atoms with Gasteiger partial charge in [0.1, 0.15) is 6.04 Å². The molecule has 2 amide bonds. The second-order valence-electron chi connectivity index (χ2n) is 10.8. The normalized spacial score (nSPS) is 22.5. The smallest absolute Gasteiger partial charge is 0.330 e. The van der Waals surface area contributed by atoms with E-state index in [0.717, 1.165) is 27.8 Å². The molecule has 41 heavy (non-hydrogen) atoms. The van der Waals surface area contributed by atoms with E-state index >= 15 is 0 Å². The SMILES string of the molecule is Cc1ccc(N2C(=O)[C@@H]3[C@H](C2=O)[C@@H]2c4ccccc4C=CN2[C@H]3C(=O)OC(c2ccccc2)c2ccccc2)cc1. The Bertz CT molecular complexity index is 1630. The number of nitrogens with zero attached hydrogens (tertiary/aromatic N) is 2. The number of hydrogen-bond acceptors (Lipinski definition) is 5. The van der Waals surface area contributed by atoms with Gasteiger partial charge in [0, 0.05) is 6.20 Å². The van der Waals surface area contributed by atoms with Crippen molar-refractivity contribution in [3.63, 3.8) is 0 Å². The van der Waals surface area contributed by atoms with Crippen molar-refractivity contribution < 1.29 is 19.1 Å². The second-order valence-corrected chi connectivity index (χ2v) is 10.8. The molecule has 0 radical (unpaired) electrons. The monoisotopic (exact) mass is 540 g/mol. The number of rotatable bonds is 5. The van der Waals surface area contributed by atoms with E-state index in [-0.39, 0.29) is 11.8 Å². The van der Waals surface area contributed by atoms with Crippen LogP contribution in [0.25, 0.3) is 6.08 Å². The van der Waals surface area contributed by atoms with E-state index in [9.17, 15) is 14.4 Å². The maximum absolute atomic E-state index is 14.3. The Balaban J connectivity index is 1.31. The fourth-order valence-corrected chi connectivity index (χ4v) is 6.55. The summed E-state index contributed by atoms with van der Waals surface area (Å²) in [5.41, 5.74) is 5.10. The molecule has 6 heteroatoms. The standard InChI is InChI=1S/C35H28N2O4/c1-22-16-18-26(19-17-22)37-33(38)28-29(34(37)39)31(36-21-20-23-10-8-9-15-27(23)30(28)36)35(40)41-32(24-11-4-2-5-12-24)25-13-6-3-7-14-25/h2-21,28-32H,1H3/t28-,29+,30-,31+/m0/s1. The summed E-state index contributed by atoms with van der Waals surface area (Å²) >= 11 is 0. The van der Waals surface area contributed by atoms with Crippen molar-refractivity contribution in [1.29, 1.82) is 0 Å². The molecule has 3 aliphatic heterocycles. The molecule has 0 spiro atoms. The summed E-state index contributed by atoms with van der Waals surface area (Å²) in [6.07, 6.45) is 3.11. The molecule has 0 bridgehead atoms. The van der Waals surface area contributed by atoms with Gasteiger partial charge >= 0.3 is 5.97 Å². The van der Waals surface area contributed by atoms with Crippen LogP contribution in [0.2, 0.25) is 0 Å². The molecule has 202 valence electrons. The predicted molar refractivity (Wildman–Crippen MR) is 155 cm³/mol. The van der Waals surface area contributed by atoms with Crippen LogP contribution in [-0.4, -0.2) is 28.7 Å². The highest BCUT2D eigenvalue weighted by molar-refractivity contribution is 6.23. The highest BCUT2D eigenvalue weighted by atomic mass is 16.5. The highest BCUT2D eigenvalue weighted by Crippen LogP contribution is 2.53. The summed E-state index contributed by atoms with van der Waals surface area (Å²) in [6, 6.07) is 32.9. The molecule has 7 rings (SSSR count). The molecular formula is C35H28N2O4. The van der Waals surface area contributed by atoms with Crippen LogP contribution in [0.4, 0.5) is 5.69 Å².